The molecule has 1 heterocycles. The number of oxime groups is 1. The van der Waals surface area contributed by atoms with E-state index in [2.05, 4.69) is 29.0 Å². The zero-order valence-corrected chi connectivity index (χ0v) is 8.83. The van der Waals surface area contributed by atoms with Gasteiger partial charge in [0.2, 0.25) is 0 Å². The Morgan fingerprint density at radius 2 is 2.17 bits per heavy atom. The first kappa shape index (κ1) is 9.12. The fraction of sp³-hybridized carbons (Fsp3) is 0.571. The average Bonchev–Trinajstić information content (AvgIpc) is 2.34. The molecule has 0 aromatic heterocycles. The molecule has 5 heteroatoms. The van der Waals surface area contributed by atoms with Crippen molar-refractivity contribution < 1.29 is 5.21 Å². The van der Waals surface area contributed by atoms with E-state index in [9.17, 15) is 0 Å². The smallest absolute Gasteiger partial charge is 0.136 e. The summed E-state index contributed by atoms with van der Waals surface area (Å²) in [7, 11) is 1.12. The van der Waals surface area contributed by atoms with Gasteiger partial charge in [-0.1, -0.05) is 18.2 Å². The van der Waals surface area contributed by atoms with Gasteiger partial charge in [0.25, 0.3) is 0 Å². The van der Waals surface area contributed by atoms with Crippen LogP contribution >= 0.6 is 0 Å². The van der Waals surface area contributed by atoms with Crippen LogP contribution in [-0.4, -0.2) is 43.1 Å². The summed E-state index contributed by atoms with van der Waals surface area (Å²) in [6.45, 7) is 4.48. The van der Waals surface area contributed by atoms with Crippen LogP contribution in [0.25, 0.3) is 0 Å². The lowest BCUT2D eigenvalue weighted by atomic mass is 10.5. The molecule has 0 fully saturated rings. The number of hydrogen-bond donors (Lipinski definition) is 1. The quantitative estimate of drug-likeness (QED) is 0.294. The third kappa shape index (κ3) is 1.61. The molecule has 1 aliphatic heterocycles. The van der Waals surface area contributed by atoms with Crippen molar-refractivity contribution in [1.29, 1.82) is 0 Å². The maximum absolute atomic E-state index is 8.45. The van der Waals surface area contributed by atoms with Crippen LogP contribution in [0.4, 0.5) is 0 Å². The van der Waals surface area contributed by atoms with Crippen molar-refractivity contribution in [2.75, 3.05) is 7.05 Å². The Morgan fingerprint density at radius 3 is 2.67 bits per heavy atom. The van der Waals surface area contributed by atoms with Gasteiger partial charge in [-0.3, -0.25) is 0 Å². The van der Waals surface area contributed by atoms with Crippen molar-refractivity contribution in [3.8, 4) is 0 Å². The molecular formula is C7H15N3OSi. The summed E-state index contributed by atoms with van der Waals surface area (Å²) >= 11 is 0. The molecule has 0 aromatic carbocycles. The van der Waals surface area contributed by atoms with Crippen molar-refractivity contribution in [3.05, 3.63) is 12.4 Å². The Morgan fingerprint density at radius 1 is 1.50 bits per heavy atom. The monoisotopic (exact) mass is 185 g/mol. The third-order valence-corrected chi connectivity index (χ3v) is 3.66. The average molecular weight is 185 g/mol. The van der Waals surface area contributed by atoms with E-state index in [4.69, 9.17) is 5.21 Å². The molecule has 68 valence electrons. The zero-order valence-electron chi connectivity index (χ0n) is 7.68. The molecule has 1 unspecified atom stereocenters. The Hall–Kier alpha value is -0.973. The van der Waals surface area contributed by atoms with Gasteiger partial charge < -0.3 is 14.7 Å². The van der Waals surface area contributed by atoms with E-state index in [0.717, 1.165) is 0 Å². The van der Waals surface area contributed by atoms with E-state index in [1.54, 1.807) is 6.21 Å². The summed E-state index contributed by atoms with van der Waals surface area (Å²) in [5.41, 5.74) is 0. The van der Waals surface area contributed by atoms with Crippen LogP contribution in [0.5, 0.6) is 0 Å². The second-order valence-electron chi connectivity index (χ2n) is 3.18. The fourth-order valence-corrected chi connectivity index (χ4v) is 2.61. The second-order valence-corrected chi connectivity index (χ2v) is 5.97. The molecule has 0 aliphatic carbocycles. The number of nitrogens with zero attached hydrogens (tertiary/aromatic N) is 3. The van der Waals surface area contributed by atoms with E-state index in [0.29, 0.717) is 0 Å². The summed E-state index contributed by atoms with van der Waals surface area (Å²) in [6.07, 6.45) is 5.72. The van der Waals surface area contributed by atoms with E-state index in [1.165, 1.54) is 0 Å². The van der Waals surface area contributed by atoms with E-state index in [1.807, 2.05) is 18.1 Å². The fourth-order valence-electron chi connectivity index (χ4n) is 1.29. The highest BCUT2D eigenvalue weighted by molar-refractivity contribution is 6.53. The minimum absolute atomic E-state index is 0.113. The van der Waals surface area contributed by atoms with E-state index >= 15 is 0 Å². The molecule has 0 saturated carbocycles. The van der Waals surface area contributed by atoms with Crippen LogP contribution in [0.1, 0.15) is 0 Å². The van der Waals surface area contributed by atoms with E-state index in [-0.39, 0.29) is 6.17 Å². The summed E-state index contributed by atoms with van der Waals surface area (Å²) in [5, 5.41) is 11.5. The van der Waals surface area contributed by atoms with Crippen molar-refractivity contribution in [2.24, 2.45) is 5.16 Å². The van der Waals surface area contributed by atoms with Crippen LogP contribution in [0.2, 0.25) is 13.1 Å². The van der Waals surface area contributed by atoms with E-state index < -0.39 is 8.96 Å². The highest BCUT2D eigenvalue weighted by Gasteiger charge is 2.23. The highest BCUT2D eigenvalue weighted by atomic mass is 28.3. The first-order valence-electron chi connectivity index (χ1n) is 4.02. The van der Waals surface area contributed by atoms with Crippen LogP contribution in [0.15, 0.2) is 17.6 Å². The van der Waals surface area contributed by atoms with Gasteiger partial charge in [0.05, 0.1) is 6.21 Å². The normalized spacial score (nSPS) is 23.5. The molecule has 0 amide bonds. The predicted molar refractivity (Wildman–Crippen MR) is 51.7 cm³/mol. The van der Waals surface area contributed by atoms with Crippen LogP contribution in [-0.2, 0) is 0 Å². The van der Waals surface area contributed by atoms with Gasteiger partial charge in [-0.25, -0.2) is 0 Å². The van der Waals surface area contributed by atoms with Gasteiger partial charge in [0, 0.05) is 19.4 Å². The molecule has 1 rings (SSSR count). The van der Waals surface area contributed by atoms with Gasteiger partial charge in [-0.05, 0) is 0 Å². The summed E-state index contributed by atoms with van der Waals surface area (Å²) < 4.78 is 2.25. The van der Waals surface area contributed by atoms with Crippen molar-refractivity contribution in [2.45, 2.75) is 19.3 Å². The Balaban J connectivity index is 2.69. The molecule has 1 N–H and O–H groups in total. The third-order valence-electron chi connectivity index (χ3n) is 1.99. The number of hydrogen-bond acceptors (Lipinski definition) is 4. The first-order chi connectivity index (χ1) is 5.66. The maximum Gasteiger partial charge on any atom is 0.136 e. The molecule has 0 radical (unpaired) electrons. The van der Waals surface area contributed by atoms with Crippen LogP contribution in [0, 0.1) is 0 Å². The minimum atomic E-state index is -0.848. The van der Waals surface area contributed by atoms with Gasteiger partial charge in [0.15, 0.2) is 0 Å². The van der Waals surface area contributed by atoms with Crippen LogP contribution in [0.3, 0.4) is 0 Å². The summed E-state index contributed by atoms with van der Waals surface area (Å²) in [6, 6.07) is 0. The predicted octanol–water partition coefficient (Wildman–Crippen LogP) is 0.474. The molecule has 0 saturated heterocycles. The van der Waals surface area contributed by atoms with Gasteiger partial charge >= 0.3 is 0 Å². The lowest BCUT2D eigenvalue weighted by Gasteiger charge is -2.29. The van der Waals surface area contributed by atoms with Crippen molar-refractivity contribution >= 4 is 15.2 Å². The standard InChI is InChI=1S/C7H15N3OSi/c1-9-4-5-10(12(2)3)7(9)6-8-11/h4-7,11-12H,1-3H3. The highest BCUT2D eigenvalue weighted by Crippen LogP contribution is 2.13. The topological polar surface area (TPSA) is 39.1 Å². The number of rotatable bonds is 2. The van der Waals surface area contributed by atoms with Crippen molar-refractivity contribution in [3.63, 3.8) is 0 Å². The SMILES string of the molecule is CN1C=CN([SiH](C)C)C1C=NO. The van der Waals surface area contributed by atoms with Crippen molar-refractivity contribution in [1.82, 2.24) is 9.47 Å². The molecule has 12 heavy (non-hydrogen) atoms. The molecule has 0 aromatic rings. The molecule has 4 nitrogen and oxygen atoms in total. The van der Waals surface area contributed by atoms with Gasteiger partial charge in [-0.2, -0.15) is 0 Å². The molecular weight excluding hydrogens is 170 g/mol. The second kappa shape index (κ2) is 3.62. The first-order valence-corrected chi connectivity index (χ1v) is 6.84. The molecule has 0 bridgehead atoms. The minimum Gasteiger partial charge on any atom is -0.411 e. The Labute approximate surface area is 74.5 Å². The zero-order chi connectivity index (χ0) is 9.14. The lowest BCUT2D eigenvalue weighted by Crippen LogP contribution is -2.43. The Bertz CT molecular complexity index is 205. The molecule has 1 atom stereocenters. The Kier molecular flexibility index (Phi) is 2.75. The van der Waals surface area contributed by atoms with Crippen LogP contribution < -0.4 is 0 Å². The summed E-state index contributed by atoms with van der Waals surface area (Å²) in [4.78, 5) is 2.02. The molecule has 0 spiro atoms. The maximum atomic E-state index is 8.45. The van der Waals surface area contributed by atoms with Gasteiger partial charge in [0.1, 0.15) is 15.1 Å². The van der Waals surface area contributed by atoms with Gasteiger partial charge in [-0.15, -0.1) is 0 Å². The largest absolute Gasteiger partial charge is 0.411 e. The summed E-state index contributed by atoms with van der Waals surface area (Å²) in [5.74, 6) is 0. The molecule has 1 aliphatic rings. The lowest BCUT2D eigenvalue weighted by molar-refractivity contribution is 0.294.